The quantitative estimate of drug-likeness (QED) is 0.398. The van der Waals surface area contributed by atoms with Gasteiger partial charge in [-0.15, -0.1) is 12.4 Å². The van der Waals surface area contributed by atoms with Crippen molar-refractivity contribution in [3.63, 3.8) is 0 Å². The summed E-state index contributed by atoms with van der Waals surface area (Å²) in [5.41, 5.74) is -1.77. The first-order valence-electron chi connectivity index (χ1n) is 7.39. The molecule has 140 valence electrons. The lowest BCUT2D eigenvalue weighted by Crippen LogP contribution is -2.42. The van der Waals surface area contributed by atoms with E-state index < -0.39 is 22.4 Å². The second-order valence-corrected chi connectivity index (χ2v) is 5.35. The van der Waals surface area contributed by atoms with Crippen molar-refractivity contribution in [1.82, 2.24) is 10.6 Å². The van der Waals surface area contributed by atoms with Crippen molar-refractivity contribution in [2.75, 3.05) is 25.0 Å². The Balaban J connectivity index is 0.00000312. The molecular weight excluding hydrogens is 365 g/mol. The number of carbonyl (C=O) groups is 1. The molecule has 1 atom stereocenters. The summed E-state index contributed by atoms with van der Waals surface area (Å²) in [6.07, 6.45) is -2.97. The number of halogens is 4. The first-order chi connectivity index (χ1) is 11.3. The topological polar surface area (TPSA) is 96.3 Å². The smallest absolute Gasteiger partial charge is 0.378 e. The standard InChI is InChI=1S/C14H17F3N4O3.ClH/c15-14(16,17)9-3-4-10(12(8-9)21(23)24)19-6-7-20-13(22)11-2-1-5-18-11;/h3-4,8,11,18-19H,1-2,5-7H2,(H,20,22);1H. The van der Waals surface area contributed by atoms with Crippen LogP contribution in [-0.2, 0) is 11.0 Å². The molecule has 0 saturated carbocycles. The van der Waals surface area contributed by atoms with Crippen LogP contribution in [0.3, 0.4) is 0 Å². The van der Waals surface area contributed by atoms with Gasteiger partial charge in [-0.1, -0.05) is 0 Å². The van der Waals surface area contributed by atoms with Crippen LogP contribution >= 0.6 is 12.4 Å². The molecule has 1 fully saturated rings. The molecule has 0 aromatic heterocycles. The average molecular weight is 383 g/mol. The number of anilines is 1. The molecule has 1 amide bonds. The SMILES string of the molecule is Cl.O=C(NCCNc1ccc(C(F)(F)F)cc1[N+](=O)[O-])C1CCCN1. The number of hydrogen-bond acceptors (Lipinski definition) is 5. The van der Waals surface area contributed by atoms with E-state index in [-0.39, 0.29) is 43.1 Å². The summed E-state index contributed by atoms with van der Waals surface area (Å²) in [5, 5.41) is 19.3. The third-order valence-corrected chi connectivity index (χ3v) is 3.64. The number of amides is 1. The molecule has 1 aromatic carbocycles. The summed E-state index contributed by atoms with van der Waals surface area (Å²) in [4.78, 5) is 21.8. The van der Waals surface area contributed by atoms with Crippen LogP contribution in [0.25, 0.3) is 0 Å². The van der Waals surface area contributed by atoms with E-state index in [1.807, 2.05) is 0 Å². The first kappa shape index (κ1) is 21.0. The van der Waals surface area contributed by atoms with Gasteiger partial charge in [0.05, 0.1) is 16.5 Å². The predicted molar refractivity (Wildman–Crippen MR) is 87.9 cm³/mol. The van der Waals surface area contributed by atoms with Gasteiger partial charge in [-0.3, -0.25) is 14.9 Å². The molecule has 1 saturated heterocycles. The Bertz CT molecular complexity index is 622. The second kappa shape index (κ2) is 8.86. The summed E-state index contributed by atoms with van der Waals surface area (Å²) in [5.74, 6) is -0.156. The molecule has 1 aliphatic rings. The van der Waals surface area contributed by atoms with Crippen molar-refractivity contribution >= 4 is 29.7 Å². The molecule has 7 nitrogen and oxygen atoms in total. The Morgan fingerprint density at radius 2 is 2.08 bits per heavy atom. The normalized spacial score (nSPS) is 16.8. The molecule has 0 radical (unpaired) electrons. The minimum atomic E-state index is -4.65. The van der Waals surface area contributed by atoms with Crippen LogP contribution in [0, 0.1) is 10.1 Å². The minimum absolute atomic E-state index is 0. The molecule has 11 heteroatoms. The van der Waals surface area contributed by atoms with Gasteiger partial charge >= 0.3 is 6.18 Å². The predicted octanol–water partition coefficient (Wildman–Crippen LogP) is 2.32. The van der Waals surface area contributed by atoms with Crippen molar-refractivity contribution < 1.29 is 22.9 Å². The lowest BCUT2D eigenvalue weighted by Gasteiger charge is -2.13. The number of alkyl halides is 3. The van der Waals surface area contributed by atoms with Crippen molar-refractivity contribution in [1.29, 1.82) is 0 Å². The van der Waals surface area contributed by atoms with Gasteiger partial charge in [0.15, 0.2) is 0 Å². The number of nitrogens with one attached hydrogen (secondary N) is 3. The maximum atomic E-state index is 12.6. The monoisotopic (exact) mass is 382 g/mol. The van der Waals surface area contributed by atoms with E-state index in [9.17, 15) is 28.1 Å². The summed E-state index contributed by atoms with van der Waals surface area (Å²) in [7, 11) is 0. The summed E-state index contributed by atoms with van der Waals surface area (Å²) < 4.78 is 37.8. The second-order valence-electron chi connectivity index (χ2n) is 5.35. The number of nitro benzene ring substituents is 1. The zero-order chi connectivity index (χ0) is 17.7. The largest absolute Gasteiger partial charge is 0.416 e. The van der Waals surface area contributed by atoms with Gasteiger partial charge in [-0.2, -0.15) is 13.2 Å². The van der Waals surface area contributed by atoms with Gasteiger partial charge in [0, 0.05) is 19.2 Å². The molecule has 2 rings (SSSR count). The Labute approximate surface area is 147 Å². The van der Waals surface area contributed by atoms with Gasteiger partial charge in [0.2, 0.25) is 5.91 Å². The number of hydrogen-bond donors (Lipinski definition) is 3. The fraction of sp³-hybridized carbons (Fsp3) is 0.500. The molecule has 1 heterocycles. The van der Waals surface area contributed by atoms with Crippen LogP contribution in [0.1, 0.15) is 18.4 Å². The number of carbonyl (C=O) groups excluding carboxylic acids is 1. The number of nitrogens with zero attached hydrogens (tertiary/aromatic N) is 1. The van der Waals surface area contributed by atoms with Crippen LogP contribution in [0.15, 0.2) is 18.2 Å². The van der Waals surface area contributed by atoms with Gasteiger partial charge in [-0.05, 0) is 31.5 Å². The molecule has 1 aromatic rings. The summed E-state index contributed by atoms with van der Waals surface area (Å²) >= 11 is 0. The Morgan fingerprint density at radius 3 is 2.64 bits per heavy atom. The van der Waals surface area contributed by atoms with Crippen LogP contribution in [-0.4, -0.2) is 36.5 Å². The lowest BCUT2D eigenvalue weighted by molar-refractivity contribution is -0.384. The van der Waals surface area contributed by atoms with E-state index in [4.69, 9.17) is 0 Å². The van der Waals surface area contributed by atoms with Gasteiger partial charge in [-0.25, -0.2) is 0 Å². The number of nitro groups is 1. The van der Waals surface area contributed by atoms with Crippen molar-refractivity contribution in [3.05, 3.63) is 33.9 Å². The average Bonchev–Trinajstić information content (AvgIpc) is 3.04. The fourth-order valence-corrected chi connectivity index (χ4v) is 2.42. The van der Waals surface area contributed by atoms with E-state index in [0.29, 0.717) is 6.07 Å². The maximum Gasteiger partial charge on any atom is 0.416 e. The number of benzene rings is 1. The van der Waals surface area contributed by atoms with E-state index in [0.717, 1.165) is 31.5 Å². The fourth-order valence-electron chi connectivity index (χ4n) is 2.42. The Hall–Kier alpha value is -2.07. The van der Waals surface area contributed by atoms with E-state index >= 15 is 0 Å². The summed E-state index contributed by atoms with van der Waals surface area (Å²) in [6.45, 7) is 1.15. The van der Waals surface area contributed by atoms with E-state index in [2.05, 4.69) is 16.0 Å². The first-order valence-corrected chi connectivity index (χ1v) is 7.39. The highest BCUT2D eigenvalue weighted by molar-refractivity contribution is 5.85. The minimum Gasteiger partial charge on any atom is -0.378 e. The molecule has 0 aliphatic carbocycles. The van der Waals surface area contributed by atoms with Crippen LogP contribution in [0.4, 0.5) is 24.5 Å². The molecule has 1 aliphatic heterocycles. The van der Waals surface area contributed by atoms with Crippen LogP contribution in [0.5, 0.6) is 0 Å². The maximum absolute atomic E-state index is 12.6. The highest BCUT2D eigenvalue weighted by Gasteiger charge is 2.33. The van der Waals surface area contributed by atoms with Gasteiger partial charge < -0.3 is 16.0 Å². The molecule has 0 bridgehead atoms. The van der Waals surface area contributed by atoms with E-state index in [1.165, 1.54) is 0 Å². The van der Waals surface area contributed by atoms with Gasteiger partial charge in [0.1, 0.15) is 5.69 Å². The Morgan fingerprint density at radius 1 is 1.36 bits per heavy atom. The van der Waals surface area contributed by atoms with Crippen LogP contribution in [0.2, 0.25) is 0 Å². The lowest BCUT2D eigenvalue weighted by atomic mass is 10.1. The van der Waals surface area contributed by atoms with E-state index in [1.54, 1.807) is 0 Å². The highest BCUT2D eigenvalue weighted by atomic mass is 35.5. The third kappa shape index (κ3) is 5.75. The molecule has 0 spiro atoms. The molecular formula is C14H18ClF3N4O3. The molecule has 3 N–H and O–H groups in total. The highest BCUT2D eigenvalue weighted by Crippen LogP contribution is 2.34. The van der Waals surface area contributed by atoms with Gasteiger partial charge in [0.25, 0.3) is 5.69 Å². The van der Waals surface area contributed by atoms with Crippen LogP contribution < -0.4 is 16.0 Å². The van der Waals surface area contributed by atoms with Crippen molar-refractivity contribution in [3.8, 4) is 0 Å². The third-order valence-electron chi connectivity index (χ3n) is 3.64. The van der Waals surface area contributed by atoms with Crippen molar-refractivity contribution in [2.24, 2.45) is 0 Å². The zero-order valence-electron chi connectivity index (χ0n) is 13.1. The molecule has 25 heavy (non-hydrogen) atoms. The summed E-state index contributed by atoms with van der Waals surface area (Å²) in [6, 6.07) is 2.05. The number of rotatable bonds is 6. The van der Waals surface area contributed by atoms with Crippen molar-refractivity contribution in [2.45, 2.75) is 25.1 Å². The molecule has 1 unspecified atom stereocenters. The zero-order valence-corrected chi connectivity index (χ0v) is 13.9. The Kier molecular flexibility index (Phi) is 7.43.